The van der Waals surface area contributed by atoms with E-state index in [1.165, 1.54) is 12.1 Å². The smallest absolute Gasteiger partial charge is 0.176 e. The maximum absolute atomic E-state index is 13.3. The van der Waals surface area contributed by atoms with Gasteiger partial charge in [-0.2, -0.15) is 0 Å². The van der Waals surface area contributed by atoms with Crippen LogP contribution in [0.3, 0.4) is 0 Å². The summed E-state index contributed by atoms with van der Waals surface area (Å²) in [6.07, 6.45) is 0.284. The van der Waals surface area contributed by atoms with Gasteiger partial charge >= 0.3 is 0 Å². The van der Waals surface area contributed by atoms with Gasteiger partial charge in [-0.25, -0.2) is 4.39 Å². The van der Waals surface area contributed by atoms with Crippen LogP contribution in [0, 0.1) is 5.82 Å². The van der Waals surface area contributed by atoms with Crippen LogP contribution in [0.4, 0.5) is 10.1 Å². The van der Waals surface area contributed by atoms with Gasteiger partial charge in [-0.1, -0.05) is 42.5 Å². The number of para-hydroxylation sites is 1. The molecule has 3 aromatic carbocycles. The fraction of sp³-hybridized carbons (Fsp3) is 0.269. The van der Waals surface area contributed by atoms with Crippen molar-refractivity contribution in [3.8, 4) is 5.75 Å². The van der Waals surface area contributed by atoms with Gasteiger partial charge in [-0.15, -0.1) is 0 Å². The first-order valence-corrected chi connectivity index (χ1v) is 11.3. The van der Waals surface area contributed by atoms with Gasteiger partial charge in [0.1, 0.15) is 11.6 Å². The first kappa shape index (κ1) is 23.2. The predicted octanol–water partition coefficient (Wildman–Crippen LogP) is 4.68. The van der Waals surface area contributed by atoms with Gasteiger partial charge in [0, 0.05) is 18.3 Å². The summed E-state index contributed by atoms with van der Waals surface area (Å²) in [6, 6.07) is 20.4. The third kappa shape index (κ3) is 4.71. The highest BCUT2D eigenvalue weighted by molar-refractivity contribution is 7.80. The standard InChI is InChI=1S/C26H27FN2O3S/c1-28-22(13-14-23(31)18-8-10-19(27)11-9-18)25(21-12-7-17(16-30)15-24(21)32)29(26(28)33)20-5-3-2-4-6-20/h2-12,15,22-23,25,30-32H,13-14,16H2,1H3/t22-,23-,25+/m0/s1. The molecule has 1 heterocycles. The SMILES string of the molecule is CN1C(=S)N(c2ccccc2)[C@H](c2ccc(CO)cc2O)[C@@H]1CC[C@H](O)c1ccc(F)cc1. The summed E-state index contributed by atoms with van der Waals surface area (Å²) in [7, 11) is 1.92. The van der Waals surface area contributed by atoms with E-state index in [2.05, 4.69) is 0 Å². The van der Waals surface area contributed by atoms with Crippen LogP contribution >= 0.6 is 12.2 Å². The van der Waals surface area contributed by atoms with Crippen molar-refractivity contribution >= 4 is 23.0 Å². The Morgan fingerprint density at radius 1 is 1.03 bits per heavy atom. The molecule has 1 saturated heterocycles. The Balaban J connectivity index is 1.67. The molecule has 1 aliphatic rings. The van der Waals surface area contributed by atoms with Crippen molar-refractivity contribution in [1.29, 1.82) is 0 Å². The molecule has 1 aliphatic heterocycles. The van der Waals surface area contributed by atoms with Crippen LogP contribution in [-0.2, 0) is 6.61 Å². The largest absolute Gasteiger partial charge is 0.508 e. The number of aromatic hydroxyl groups is 1. The van der Waals surface area contributed by atoms with Crippen LogP contribution in [-0.4, -0.2) is 38.4 Å². The summed E-state index contributed by atoms with van der Waals surface area (Å²) < 4.78 is 13.3. The first-order valence-electron chi connectivity index (χ1n) is 10.9. The summed E-state index contributed by atoms with van der Waals surface area (Å²) in [6.45, 7) is -0.160. The van der Waals surface area contributed by atoms with Gasteiger partial charge in [0.15, 0.2) is 5.11 Å². The number of hydrogen-bond acceptors (Lipinski definition) is 4. The molecule has 0 radical (unpaired) electrons. The highest BCUT2D eigenvalue weighted by Crippen LogP contribution is 2.43. The highest BCUT2D eigenvalue weighted by Gasteiger charge is 2.44. The fourth-order valence-corrected chi connectivity index (χ4v) is 4.84. The summed E-state index contributed by atoms with van der Waals surface area (Å²) >= 11 is 5.80. The molecule has 7 heteroatoms. The number of nitrogens with zero attached hydrogens (tertiary/aromatic N) is 2. The van der Waals surface area contributed by atoms with E-state index in [0.717, 1.165) is 5.69 Å². The summed E-state index contributed by atoms with van der Waals surface area (Å²) in [4.78, 5) is 4.03. The number of phenolic OH excluding ortho intramolecular Hbond substituents is 1. The molecular weight excluding hydrogens is 439 g/mol. The highest BCUT2D eigenvalue weighted by atomic mass is 32.1. The number of likely N-dealkylation sites (N-methyl/N-ethyl adjacent to an activating group) is 1. The molecule has 0 spiro atoms. The number of phenols is 1. The third-order valence-corrected chi connectivity index (χ3v) is 6.75. The maximum Gasteiger partial charge on any atom is 0.176 e. The molecule has 172 valence electrons. The minimum atomic E-state index is -0.746. The number of aliphatic hydroxyl groups is 2. The van der Waals surface area contributed by atoms with Crippen molar-refractivity contribution in [2.75, 3.05) is 11.9 Å². The summed E-state index contributed by atoms with van der Waals surface area (Å²) in [5.74, 6) is -0.248. The van der Waals surface area contributed by atoms with Crippen molar-refractivity contribution in [3.63, 3.8) is 0 Å². The van der Waals surface area contributed by atoms with Crippen LogP contribution in [0.1, 0.15) is 41.7 Å². The molecule has 3 N–H and O–H groups in total. The second kappa shape index (κ2) is 9.87. The van der Waals surface area contributed by atoms with Crippen LogP contribution in [0.25, 0.3) is 0 Å². The van der Waals surface area contributed by atoms with E-state index in [1.807, 2.05) is 53.2 Å². The normalized spacial score (nSPS) is 19.2. The molecule has 0 amide bonds. The second-order valence-corrected chi connectivity index (χ2v) is 8.67. The molecule has 3 atom stereocenters. The van der Waals surface area contributed by atoms with Crippen LogP contribution in [0.15, 0.2) is 72.8 Å². The molecule has 0 bridgehead atoms. The van der Waals surface area contributed by atoms with Gasteiger partial charge in [-0.3, -0.25) is 0 Å². The quantitative estimate of drug-likeness (QED) is 0.439. The lowest BCUT2D eigenvalue weighted by atomic mass is 9.91. The number of thiocarbonyl (C=S) groups is 1. The minimum absolute atomic E-state index is 0.0923. The Morgan fingerprint density at radius 3 is 2.36 bits per heavy atom. The molecule has 3 aromatic rings. The molecule has 33 heavy (non-hydrogen) atoms. The molecule has 0 saturated carbocycles. The topological polar surface area (TPSA) is 67.2 Å². The Kier molecular flexibility index (Phi) is 6.93. The number of anilines is 1. The van der Waals surface area contributed by atoms with Crippen molar-refractivity contribution in [1.82, 2.24) is 4.90 Å². The predicted molar refractivity (Wildman–Crippen MR) is 130 cm³/mol. The van der Waals surface area contributed by atoms with Gasteiger partial charge in [0.2, 0.25) is 0 Å². The number of halogens is 1. The molecular formula is C26H27FN2O3S. The molecule has 1 fully saturated rings. The van der Waals surface area contributed by atoms with Crippen molar-refractivity contribution in [3.05, 3.63) is 95.3 Å². The van der Waals surface area contributed by atoms with Gasteiger partial charge in [0.25, 0.3) is 0 Å². The molecule has 0 unspecified atom stereocenters. The Hall–Kier alpha value is -3.00. The van der Waals surface area contributed by atoms with Crippen molar-refractivity contribution < 1.29 is 19.7 Å². The average molecular weight is 467 g/mol. The molecule has 5 nitrogen and oxygen atoms in total. The monoisotopic (exact) mass is 466 g/mol. The summed E-state index contributed by atoms with van der Waals surface area (Å²) in [5.41, 5.74) is 2.89. The maximum atomic E-state index is 13.3. The number of benzene rings is 3. The molecule has 0 aliphatic carbocycles. The van der Waals surface area contributed by atoms with E-state index in [1.54, 1.807) is 24.3 Å². The average Bonchev–Trinajstić information content (AvgIpc) is 3.08. The van der Waals surface area contributed by atoms with Gasteiger partial charge < -0.3 is 25.1 Å². The Morgan fingerprint density at radius 2 is 1.73 bits per heavy atom. The minimum Gasteiger partial charge on any atom is -0.508 e. The third-order valence-electron chi connectivity index (χ3n) is 6.27. The van der Waals surface area contributed by atoms with E-state index in [0.29, 0.717) is 34.6 Å². The Bertz CT molecular complexity index is 1110. The number of aliphatic hydroxyl groups excluding tert-OH is 2. The lowest BCUT2D eigenvalue weighted by Gasteiger charge is -2.29. The number of rotatable bonds is 7. The van der Waals surface area contributed by atoms with E-state index in [9.17, 15) is 19.7 Å². The van der Waals surface area contributed by atoms with Crippen LogP contribution in [0.5, 0.6) is 5.75 Å². The zero-order chi connectivity index (χ0) is 23.5. The van der Waals surface area contributed by atoms with E-state index in [4.69, 9.17) is 12.2 Å². The lowest BCUT2D eigenvalue weighted by Crippen LogP contribution is -2.31. The second-order valence-electron chi connectivity index (χ2n) is 8.31. The van der Waals surface area contributed by atoms with E-state index in [-0.39, 0.29) is 30.3 Å². The lowest BCUT2D eigenvalue weighted by molar-refractivity contribution is 0.152. The molecule has 0 aromatic heterocycles. The number of hydrogen-bond donors (Lipinski definition) is 3. The first-order chi connectivity index (χ1) is 15.9. The van der Waals surface area contributed by atoms with Gasteiger partial charge in [-0.05, 0) is 66.5 Å². The molecule has 4 rings (SSSR count). The fourth-order valence-electron chi connectivity index (χ4n) is 4.49. The van der Waals surface area contributed by atoms with Crippen LogP contribution in [0.2, 0.25) is 0 Å². The summed E-state index contributed by atoms with van der Waals surface area (Å²) in [5, 5.41) is 31.6. The van der Waals surface area contributed by atoms with Crippen molar-refractivity contribution in [2.45, 2.75) is 37.6 Å². The van der Waals surface area contributed by atoms with Gasteiger partial charge in [0.05, 0.1) is 24.8 Å². The van der Waals surface area contributed by atoms with E-state index >= 15 is 0 Å². The Labute approximate surface area is 198 Å². The van der Waals surface area contributed by atoms with E-state index < -0.39 is 6.10 Å². The van der Waals surface area contributed by atoms with Crippen molar-refractivity contribution in [2.24, 2.45) is 0 Å². The zero-order valence-corrected chi connectivity index (χ0v) is 19.1. The van der Waals surface area contributed by atoms with Crippen LogP contribution < -0.4 is 4.90 Å². The zero-order valence-electron chi connectivity index (χ0n) is 18.3.